The van der Waals surface area contributed by atoms with E-state index in [0.29, 0.717) is 12.1 Å². The van der Waals surface area contributed by atoms with Crippen molar-refractivity contribution in [3.8, 4) is 0 Å². The standard InChI is InChI=1S/C21H33N5O.HI/c1-3-19(17-8-6-5-7-9-17)25-12-14-26(15-13-25)21(22-4-2)23-16-20(27)24-18-10-11-18;/h5-9,18-19H,3-4,10-16H2,1-2H3,(H,22,23)(H,24,27);1H. The Bertz CT molecular complexity index is 627. The number of guanidine groups is 1. The Labute approximate surface area is 186 Å². The van der Waals surface area contributed by atoms with Gasteiger partial charge in [0.1, 0.15) is 6.54 Å². The maximum absolute atomic E-state index is 11.9. The first-order valence-electron chi connectivity index (χ1n) is 10.3. The molecule has 7 heteroatoms. The molecule has 1 aromatic carbocycles. The van der Waals surface area contributed by atoms with E-state index in [2.05, 4.69) is 69.6 Å². The van der Waals surface area contributed by atoms with E-state index in [1.54, 1.807) is 0 Å². The fourth-order valence-electron chi connectivity index (χ4n) is 3.70. The number of nitrogens with zero attached hydrogens (tertiary/aromatic N) is 3. The molecule has 1 unspecified atom stereocenters. The van der Waals surface area contributed by atoms with Gasteiger partial charge in [0.25, 0.3) is 0 Å². The highest BCUT2D eigenvalue weighted by Crippen LogP contribution is 2.25. The topological polar surface area (TPSA) is 60.0 Å². The first-order chi connectivity index (χ1) is 13.2. The van der Waals surface area contributed by atoms with Crippen LogP contribution in [0.25, 0.3) is 0 Å². The van der Waals surface area contributed by atoms with Crippen LogP contribution in [0.1, 0.15) is 44.7 Å². The molecule has 2 aliphatic rings. The Morgan fingerprint density at radius 2 is 1.82 bits per heavy atom. The first-order valence-corrected chi connectivity index (χ1v) is 10.3. The maximum Gasteiger partial charge on any atom is 0.242 e. The summed E-state index contributed by atoms with van der Waals surface area (Å²) in [5.74, 6) is 0.887. The zero-order valence-electron chi connectivity index (χ0n) is 17.1. The lowest BCUT2D eigenvalue weighted by molar-refractivity contribution is -0.119. The smallest absolute Gasteiger partial charge is 0.242 e. The fourth-order valence-corrected chi connectivity index (χ4v) is 3.70. The summed E-state index contributed by atoms with van der Waals surface area (Å²) in [6.07, 6.45) is 3.33. The molecule has 156 valence electrons. The molecule has 2 fully saturated rings. The first kappa shape index (κ1) is 22.9. The van der Waals surface area contributed by atoms with Crippen LogP contribution in [0.4, 0.5) is 0 Å². The van der Waals surface area contributed by atoms with Gasteiger partial charge in [0.2, 0.25) is 5.91 Å². The molecule has 0 spiro atoms. The highest BCUT2D eigenvalue weighted by Gasteiger charge is 2.26. The van der Waals surface area contributed by atoms with Crippen LogP contribution in [0, 0.1) is 0 Å². The molecule has 0 aromatic heterocycles. The highest BCUT2D eigenvalue weighted by molar-refractivity contribution is 14.0. The molecule has 1 aromatic rings. The van der Waals surface area contributed by atoms with Crippen LogP contribution < -0.4 is 10.6 Å². The van der Waals surface area contributed by atoms with E-state index in [4.69, 9.17) is 0 Å². The minimum atomic E-state index is 0. The number of hydrogen-bond acceptors (Lipinski definition) is 3. The lowest BCUT2D eigenvalue weighted by Gasteiger charge is -2.40. The van der Waals surface area contributed by atoms with Gasteiger partial charge in [0, 0.05) is 44.8 Å². The van der Waals surface area contributed by atoms with E-state index in [0.717, 1.165) is 57.9 Å². The molecule has 1 saturated carbocycles. The zero-order valence-corrected chi connectivity index (χ0v) is 19.4. The van der Waals surface area contributed by atoms with Crippen molar-refractivity contribution in [3.05, 3.63) is 35.9 Å². The molecule has 3 rings (SSSR count). The molecular weight excluding hydrogens is 465 g/mol. The molecule has 1 amide bonds. The molecule has 1 saturated heterocycles. The third-order valence-corrected chi connectivity index (χ3v) is 5.28. The lowest BCUT2D eigenvalue weighted by Crippen LogP contribution is -2.53. The van der Waals surface area contributed by atoms with Crippen molar-refractivity contribution >= 4 is 35.8 Å². The summed E-state index contributed by atoms with van der Waals surface area (Å²) in [6, 6.07) is 11.6. The van der Waals surface area contributed by atoms with E-state index in [1.807, 2.05) is 0 Å². The number of rotatable bonds is 7. The minimum Gasteiger partial charge on any atom is -0.357 e. The third kappa shape index (κ3) is 6.62. The molecule has 28 heavy (non-hydrogen) atoms. The Morgan fingerprint density at radius 1 is 1.14 bits per heavy atom. The van der Waals surface area contributed by atoms with Crippen molar-refractivity contribution in [2.24, 2.45) is 4.99 Å². The molecule has 0 radical (unpaired) electrons. The summed E-state index contributed by atoms with van der Waals surface area (Å²) in [6.45, 7) is 9.22. The summed E-state index contributed by atoms with van der Waals surface area (Å²) >= 11 is 0. The van der Waals surface area contributed by atoms with Crippen molar-refractivity contribution in [1.29, 1.82) is 0 Å². The number of amides is 1. The quantitative estimate of drug-likeness (QED) is 0.344. The van der Waals surface area contributed by atoms with Crippen LogP contribution in [0.5, 0.6) is 0 Å². The molecule has 1 atom stereocenters. The second kappa shape index (κ2) is 11.6. The largest absolute Gasteiger partial charge is 0.357 e. The lowest BCUT2D eigenvalue weighted by atomic mass is 10.0. The monoisotopic (exact) mass is 499 g/mol. The predicted molar refractivity (Wildman–Crippen MR) is 125 cm³/mol. The number of aliphatic imine (C=N–C) groups is 1. The number of halogens is 1. The van der Waals surface area contributed by atoms with Crippen LogP contribution in [0.3, 0.4) is 0 Å². The Balaban J connectivity index is 0.00000280. The molecule has 1 heterocycles. The van der Waals surface area contributed by atoms with Gasteiger partial charge in [-0.15, -0.1) is 24.0 Å². The number of piperazine rings is 1. The number of hydrogen-bond donors (Lipinski definition) is 2. The molecule has 6 nitrogen and oxygen atoms in total. The van der Waals surface area contributed by atoms with E-state index >= 15 is 0 Å². The van der Waals surface area contributed by atoms with Crippen LogP contribution >= 0.6 is 24.0 Å². The SMILES string of the molecule is CCNC(=NCC(=O)NC1CC1)N1CCN(C(CC)c2ccccc2)CC1.I. The Kier molecular flexibility index (Phi) is 9.50. The third-order valence-electron chi connectivity index (χ3n) is 5.28. The van der Waals surface area contributed by atoms with Crippen LogP contribution in [0.15, 0.2) is 35.3 Å². The van der Waals surface area contributed by atoms with E-state index in [1.165, 1.54) is 5.56 Å². The van der Waals surface area contributed by atoms with Gasteiger partial charge in [-0.3, -0.25) is 9.69 Å². The van der Waals surface area contributed by atoms with Crippen molar-refractivity contribution in [1.82, 2.24) is 20.4 Å². The van der Waals surface area contributed by atoms with Gasteiger partial charge in [0.05, 0.1) is 0 Å². The second-order valence-corrected chi connectivity index (χ2v) is 7.37. The number of carbonyl (C=O) groups is 1. The van der Waals surface area contributed by atoms with Gasteiger partial charge < -0.3 is 15.5 Å². The van der Waals surface area contributed by atoms with Crippen molar-refractivity contribution < 1.29 is 4.79 Å². The zero-order chi connectivity index (χ0) is 19.1. The second-order valence-electron chi connectivity index (χ2n) is 7.37. The maximum atomic E-state index is 11.9. The van der Waals surface area contributed by atoms with Crippen molar-refractivity contribution in [2.75, 3.05) is 39.3 Å². The van der Waals surface area contributed by atoms with Gasteiger partial charge in [-0.25, -0.2) is 4.99 Å². The van der Waals surface area contributed by atoms with Gasteiger partial charge in [-0.05, 0) is 31.7 Å². The van der Waals surface area contributed by atoms with E-state index in [-0.39, 0.29) is 36.4 Å². The van der Waals surface area contributed by atoms with Crippen molar-refractivity contribution in [3.63, 3.8) is 0 Å². The van der Waals surface area contributed by atoms with E-state index < -0.39 is 0 Å². The van der Waals surface area contributed by atoms with Crippen LogP contribution in [-0.2, 0) is 4.79 Å². The molecule has 0 bridgehead atoms. The Morgan fingerprint density at radius 3 is 2.39 bits per heavy atom. The predicted octanol–water partition coefficient (Wildman–Crippen LogP) is 2.62. The average molecular weight is 499 g/mol. The normalized spacial score (nSPS) is 18.9. The Hall–Kier alpha value is -1.35. The summed E-state index contributed by atoms with van der Waals surface area (Å²) in [7, 11) is 0. The number of benzene rings is 1. The summed E-state index contributed by atoms with van der Waals surface area (Å²) in [4.78, 5) is 21.4. The summed E-state index contributed by atoms with van der Waals surface area (Å²) in [5.41, 5.74) is 1.39. The van der Waals surface area contributed by atoms with Crippen LogP contribution in [0.2, 0.25) is 0 Å². The molecular formula is C21H34IN5O. The highest BCUT2D eigenvalue weighted by atomic mass is 127. The van der Waals surface area contributed by atoms with Gasteiger partial charge in [-0.1, -0.05) is 37.3 Å². The van der Waals surface area contributed by atoms with Gasteiger partial charge >= 0.3 is 0 Å². The van der Waals surface area contributed by atoms with E-state index in [9.17, 15) is 4.79 Å². The molecule has 1 aliphatic heterocycles. The summed E-state index contributed by atoms with van der Waals surface area (Å²) < 4.78 is 0. The van der Waals surface area contributed by atoms with Crippen molar-refractivity contribution in [2.45, 2.75) is 45.2 Å². The number of carbonyl (C=O) groups excluding carboxylic acids is 1. The van der Waals surface area contributed by atoms with Gasteiger partial charge in [0.15, 0.2) is 5.96 Å². The van der Waals surface area contributed by atoms with Crippen LogP contribution in [-0.4, -0.2) is 67.0 Å². The molecule has 1 aliphatic carbocycles. The van der Waals surface area contributed by atoms with Gasteiger partial charge in [-0.2, -0.15) is 0 Å². The average Bonchev–Trinajstić information content (AvgIpc) is 3.51. The minimum absolute atomic E-state index is 0. The number of nitrogens with one attached hydrogen (secondary N) is 2. The molecule has 2 N–H and O–H groups in total. The fraction of sp³-hybridized carbons (Fsp3) is 0.619. The summed E-state index contributed by atoms with van der Waals surface area (Å²) in [5, 5.41) is 6.35.